The second-order valence-electron chi connectivity index (χ2n) is 18.4. The van der Waals surface area contributed by atoms with Crippen LogP contribution in [0.5, 0.6) is 0 Å². The smallest absolute Gasteiger partial charge is 0.143 e. The fraction of sp³-hybridized carbons (Fsp3) is 0.0462. The van der Waals surface area contributed by atoms with Crippen molar-refractivity contribution in [2.45, 2.75) is 19.3 Å². The lowest BCUT2D eigenvalue weighted by atomic mass is 9.79. The number of rotatable bonds is 7. The Kier molecular flexibility index (Phi) is 8.91. The summed E-state index contributed by atoms with van der Waals surface area (Å²) in [6.45, 7) is 4.74. The van der Waals surface area contributed by atoms with E-state index in [1.165, 1.54) is 60.5 Å². The Morgan fingerprint density at radius 2 is 0.896 bits per heavy atom. The van der Waals surface area contributed by atoms with Crippen LogP contribution in [-0.4, -0.2) is 0 Å². The van der Waals surface area contributed by atoms with Gasteiger partial charge >= 0.3 is 0 Å². The first-order valence-corrected chi connectivity index (χ1v) is 23.2. The van der Waals surface area contributed by atoms with Gasteiger partial charge in [0.2, 0.25) is 0 Å². The summed E-state index contributed by atoms with van der Waals surface area (Å²) in [5.74, 6) is 0. The number of nitrogens with zero attached hydrogens (tertiary/aromatic N) is 1. The van der Waals surface area contributed by atoms with E-state index >= 15 is 0 Å². The molecule has 11 aromatic carbocycles. The molecule has 1 aliphatic rings. The van der Waals surface area contributed by atoms with Crippen molar-refractivity contribution in [3.05, 3.63) is 248 Å². The molecule has 0 bridgehead atoms. The molecular formula is C65H45NO. The molecule has 13 rings (SSSR count). The standard InChI is InChI=1S/C65H45NO/c1-65(2)60-28-12-10-22-55(60)57-26-14-24-51(63(57)65)43-30-35-47(36-31-43)66(48-37-32-44(33-38-48)52-25-15-27-58-56-23-11-13-29-62(56)67-64(52)58)61-41-46(34-39-50(61)42-16-4-3-5-17-42)59-40-45-18-6-7-19-49(45)53-20-8-9-21-54(53)59/h3-41H,1-2H3. The van der Waals surface area contributed by atoms with Gasteiger partial charge in [-0.3, -0.25) is 0 Å². The van der Waals surface area contributed by atoms with Gasteiger partial charge in [-0.1, -0.05) is 208 Å². The van der Waals surface area contributed by atoms with Crippen molar-refractivity contribution >= 4 is 60.5 Å². The van der Waals surface area contributed by atoms with Gasteiger partial charge in [-0.2, -0.15) is 0 Å². The first-order chi connectivity index (χ1) is 33.0. The van der Waals surface area contributed by atoms with Gasteiger partial charge in [0.25, 0.3) is 0 Å². The van der Waals surface area contributed by atoms with E-state index < -0.39 is 0 Å². The Balaban J connectivity index is 1.01. The van der Waals surface area contributed by atoms with E-state index in [4.69, 9.17) is 4.42 Å². The number of furan rings is 1. The lowest BCUT2D eigenvalue weighted by Gasteiger charge is -2.29. The summed E-state index contributed by atoms with van der Waals surface area (Å²) in [6.07, 6.45) is 0. The van der Waals surface area contributed by atoms with Crippen molar-refractivity contribution in [1.82, 2.24) is 0 Å². The zero-order chi connectivity index (χ0) is 44.6. The van der Waals surface area contributed by atoms with E-state index in [0.29, 0.717) is 0 Å². The van der Waals surface area contributed by atoms with Crippen LogP contribution in [0.4, 0.5) is 17.1 Å². The van der Waals surface area contributed by atoms with Crippen molar-refractivity contribution in [2.75, 3.05) is 4.90 Å². The normalized spacial score (nSPS) is 12.7. The van der Waals surface area contributed by atoms with Crippen molar-refractivity contribution in [2.24, 2.45) is 0 Å². The van der Waals surface area contributed by atoms with Gasteiger partial charge in [0.15, 0.2) is 0 Å². The van der Waals surface area contributed by atoms with Crippen LogP contribution in [-0.2, 0) is 5.41 Å². The minimum Gasteiger partial charge on any atom is -0.455 e. The SMILES string of the molecule is CC1(C)c2ccccc2-c2cccc(-c3ccc(N(c4ccc(-c5cccc6c5oc5ccccc56)cc4)c4cc(-c5cc6ccccc6c6ccccc56)ccc4-c4ccccc4)cc3)c21. The Labute approximate surface area is 390 Å². The van der Waals surface area contributed by atoms with Gasteiger partial charge in [0.05, 0.1) is 5.69 Å². The minimum absolute atomic E-state index is 0.125. The molecule has 0 saturated carbocycles. The number of para-hydroxylation sites is 2. The monoisotopic (exact) mass is 855 g/mol. The molecule has 316 valence electrons. The summed E-state index contributed by atoms with van der Waals surface area (Å²) in [5, 5.41) is 7.24. The molecule has 0 N–H and O–H groups in total. The highest BCUT2D eigenvalue weighted by Crippen LogP contribution is 2.53. The third-order valence-corrected chi connectivity index (χ3v) is 14.3. The van der Waals surface area contributed by atoms with E-state index in [1.807, 2.05) is 6.07 Å². The number of fused-ring (bicyclic) bond motifs is 9. The highest BCUT2D eigenvalue weighted by atomic mass is 16.3. The molecule has 0 fully saturated rings. The number of hydrogen-bond donors (Lipinski definition) is 0. The maximum absolute atomic E-state index is 6.53. The third-order valence-electron chi connectivity index (χ3n) is 14.3. The molecule has 12 aromatic rings. The minimum atomic E-state index is -0.125. The van der Waals surface area contributed by atoms with Crippen LogP contribution >= 0.6 is 0 Å². The van der Waals surface area contributed by atoms with Crippen LogP contribution in [0, 0.1) is 0 Å². The quantitative estimate of drug-likeness (QED) is 0.149. The maximum atomic E-state index is 6.53. The van der Waals surface area contributed by atoms with Crippen molar-refractivity contribution < 1.29 is 4.42 Å². The predicted molar refractivity (Wildman–Crippen MR) is 283 cm³/mol. The Morgan fingerprint density at radius 3 is 1.69 bits per heavy atom. The van der Waals surface area contributed by atoms with Crippen LogP contribution in [0.3, 0.4) is 0 Å². The molecule has 0 saturated heterocycles. The van der Waals surface area contributed by atoms with E-state index in [1.54, 1.807) is 0 Å². The molecule has 2 nitrogen and oxygen atoms in total. The highest BCUT2D eigenvalue weighted by molar-refractivity contribution is 6.14. The van der Waals surface area contributed by atoms with E-state index in [9.17, 15) is 0 Å². The van der Waals surface area contributed by atoms with E-state index in [2.05, 4.69) is 249 Å². The van der Waals surface area contributed by atoms with Crippen LogP contribution in [0.1, 0.15) is 25.0 Å². The summed E-state index contributed by atoms with van der Waals surface area (Å²) in [7, 11) is 0. The Hall–Kier alpha value is -8.46. The summed E-state index contributed by atoms with van der Waals surface area (Å²) in [5.41, 5.74) is 19.7. The van der Waals surface area contributed by atoms with Crippen LogP contribution in [0.25, 0.3) is 99.1 Å². The molecule has 0 unspecified atom stereocenters. The van der Waals surface area contributed by atoms with Crippen LogP contribution in [0.15, 0.2) is 241 Å². The van der Waals surface area contributed by atoms with E-state index in [0.717, 1.165) is 66.8 Å². The number of anilines is 3. The molecule has 67 heavy (non-hydrogen) atoms. The summed E-state index contributed by atoms with van der Waals surface area (Å²) in [6, 6.07) is 86.5. The van der Waals surface area contributed by atoms with Gasteiger partial charge in [0.1, 0.15) is 11.2 Å². The van der Waals surface area contributed by atoms with Crippen molar-refractivity contribution in [3.63, 3.8) is 0 Å². The van der Waals surface area contributed by atoms with Gasteiger partial charge in [-0.05, 0) is 120 Å². The third kappa shape index (κ3) is 6.25. The van der Waals surface area contributed by atoms with Crippen LogP contribution < -0.4 is 4.90 Å². The average Bonchev–Trinajstić information content (AvgIpc) is 3.89. The van der Waals surface area contributed by atoms with E-state index in [-0.39, 0.29) is 5.41 Å². The van der Waals surface area contributed by atoms with Crippen molar-refractivity contribution in [3.8, 4) is 55.6 Å². The molecule has 0 atom stereocenters. The topological polar surface area (TPSA) is 16.4 Å². The van der Waals surface area contributed by atoms with Gasteiger partial charge in [-0.15, -0.1) is 0 Å². The molecule has 1 aliphatic carbocycles. The molecule has 0 spiro atoms. The summed E-state index contributed by atoms with van der Waals surface area (Å²) < 4.78 is 6.53. The molecular weight excluding hydrogens is 811 g/mol. The maximum Gasteiger partial charge on any atom is 0.143 e. The average molecular weight is 856 g/mol. The lowest BCUT2D eigenvalue weighted by molar-refractivity contribution is 0.662. The lowest BCUT2D eigenvalue weighted by Crippen LogP contribution is -2.16. The van der Waals surface area contributed by atoms with Crippen molar-refractivity contribution in [1.29, 1.82) is 0 Å². The predicted octanol–water partition coefficient (Wildman–Crippen LogP) is 18.3. The van der Waals surface area contributed by atoms with Gasteiger partial charge in [-0.25, -0.2) is 0 Å². The zero-order valence-corrected chi connectivity index (χ0v) is 37.4. The number of hydrogen-bond acceptors (Lipinski definition) is 2. The molecule has 0 radical (unpaired) electrons. The molecule has 0 aliphatic heterocycles. The highest BCUT2D eigenvalue weighted by Gasteiger charge is 2.37. The van der Waals surface area contributed by atoms with Gasteiger partial charge < -0.3 is 9.32 Å². The first-order valence-electron chi connectivity index (χ1n) is 23.2. The Bertz CT molecular complexity index is 3880. The fourth-order valence-electron chi connectivity index (χ4n) is 11.1. The zero-order valence-electron chi connectivity index (χ0n) is 37.4. The second-order valence-corrected chi connectivity index (χ2v) is 18.4. The largest absolute Gasteiger partial charge is 0.455 e. The second kappa shape index (κ2) is 15.3. The molecule has 0 amide bonds. The number of benzene rings is 11. The first kappa shape index (κ1) is 39.0. The van der Waals surface area contributed by atoms with Gasteiger partial charge in [0, 0.05) is 38.7 Å². The fourth-order valence-corrected chi connectivity index (χ4v) is 11.1. The summed E-state index contributed by atoms with van der Waals surface area (Å²) >= 11 is 0. The molecule has 1 heterocycles. The van der Waals surface area contributed by atoms with Crippen LogP contribution in [0.2, 0.25) is 0 Å². The molecule has 2 heteroatoms. The Morgan fingerprint density at radius 1 is 0.343 bits per heavy atom. The summed E-state index contributed by atoms with van der Waals surface area (Å²) in [4.78, 5) is 2.44. The molecule has 1 aromatic heterocycles.